The highest BCUT2D eigenvalue weighted by Gasteiger charge is 2.45. The van der Waals surface area contributed by atoms with Gasteiger partial charge in [0.25, 0.3) is 0 Å². The normalized spacial score (nSPS) is 24.7. The van der Waals surface area contributed by atoms with Crippen molar-refractivity contribution in [1.29, 1.82) is 0 Å². The minimum absolute atomic E-state index is 0.108. The van der Waals surface area contributed by atoms with Gasteiger partial charge in [0.2, 0.25) is 0 Å². The highest BCUT2D eigenvalue weighted by Crippen LogP contribution is 2.24. The lowest BCUT2D eigenvalue weighted by Gasteiger charge is -2.40. The van der Waals surface area contributed by atoms with E-state index in [0.29, 0.717) is 13.2 Å². The summed E-state index contributed by atoms with van der Waals surface area (Å²) in [6.45, 7) is 2.90. The van der Waals surface area contributed by atoms with E-state index in [1.807, 2.05) is 0 Å². The van der Waals surface area contributed by atoms with Gasteiger partial charge in [-0.3, -0.25) is 0 Å². The van der Waals surface area contributed by atoms with E-state index in [4.69, 9.17) is 30.4 Å². The van der Waals surface area contributed by atoms with Gasteiger partial charge in [-0.25, -0.2) is 4.99 Å². The summed E-state index contributed by atoms with van der Waals surface area (Å²) in [6.07, 6.45) is 13.3. The molecule has 1 aliphatic heterocycles. The molecule has 0 aliphatic carbocycles. The molecular formula is C27H55N3O7. The molecule has 0 aromatic heterocycles. The van der Waals surface area contributed by atoms with Crippen molar-refractivity contribution in [1.82, 2.24) is 0 Å². The van der Waals surface area contributed by atoms with E-state index in [1.54, 1.807) is 7.11 Å². The number of aliphatic imine (C=N–C) groups is 1. The predicted molar refractivity (Wildman–Crippen MR) is 145 cm³/mol. The van der Waals surface area contributed by atoms with Crippen LogP contribution >= 0.6 is 0 Å². The third-order valence-electron chi connectivity index (χ3n) is 6.87. The molecule has 6 atom stereocenters. The zero-order chi connectivity index (χ0) is 27.3. The smallest absolute Gasteiger partial charge is 0.186 e. The van der Waals surface area contributed by atoms with E-state index in [1.165, 1.54) is 77.0 Å². The Hall–Kier alpha value is -1.01. The van der Waals surface area contributed by atoms with Crippen LogP contribution < -0.4 is 11.5 Å². The van der Waals surface area contributed by atoms with E-state index in [-0.39, 0.29) is 18.7 Å². The summed E-state index contributed by atoms with van der Waals surface area (Å²) in [5.41, 5.74) is 10.9. The molecule has 1 fully saturated rings. The first-order valence-electron chi connectivity index (χ1n) is 14.4. The van der Waals surface area contributed by atoms with Crippen molar-refractivity contribution in [2.45, 2.75) is 134 Å². The van der Waals surface area contributed by atoms with E-state index in [9.17, 15) is 15.3 Å². The van der Waals surface area contributed by atoms with Gasteiger partial charge in [-0.1, -0.05) is 90.4 Å². The summed E-state index contributed by atoms with van der Waals surface area (Å²) >= 11 is 0. The summed E-state index contributed by atoms with van der Waals surface area (Å²) in [5, 5.41) is 29.8. The van der Waals surface area contributed by atoms with Crippen molar-refractivity contribution >= 4 is 5.96 Å². The first kappa shape index (κ1) is 34.0. The number of rotatable bonds is 23. The molecule has 1 aliphatic rings. The molecule has 0 bridgehead atoms. The minimum Gasteiger partial charge on any atom is -0.394 e. The van der Waals surface area contributed by atoms with E-state index in [2.05, 4.69) is 11.9 Å². The van der Waals surface area contributed by atoms with Gasteiger partial charge in [-0.05, 0) is 6.42 Å². The molecule has 1 saturated heterocycles. The quantitative estimate of drug-likeness (QED) is 0.0755. The molecule has 1 heterocycles. The van der Waals surface area contributed by atoms with Crippen LogP contribution in [0.15, 0.2) is 4.99 Å². The number of hydrogen-bond acceptors (Lipinski definition) is 8. The first-order valence-corrected chi connectivity index (χ1v) is 14.4. The van der Waals surface area contributed by atoms with Gasteiger partial charge >= 0.3 is 0 Å². The molecule has 0 saturated carbocycles. The van der Waals surface area contributed by atoms with Crippen molar-refractivity contribution < 1.29 is 34.3 Å². The summed E-state index contributed by atoms with van der Waals surface area (Å²) in [5.74, 6) is -0.268. The molecule has 220 valence electrons. The Morgan fingerprint density at radius 2 is 1.38 bits per heavy atom. The van der Waals surface area contributed by atoms with Gasteiger partial charge in [-0.15, -0.1) is 0 Å². The molecule has 0 aromatic carbocycles. The van der Waals surface area contributed by atoms with Crippen LogP contribution in [0.25, 0.3) is 0 Å². The highest BCUT2D eigenvalue weighted by molar-refractivity contribution is 5.76. The van der Waals surface area contributed by atoms with Crippen LogP contribution in [0, 0.1) is 0 Å². The fraction of sp³-hybridized carbons (Fsp3) is 0.963. The molecule has 1 rings (SSSR count). The molecule has 0 radical (unpaired) electrons. The van der Waals surface area contributed by atoms with Gasteiger partial charge in [0.15, 0.2) is 12.2 Å². The van der Waals surface area contributed by atoms with Gasteiger partial charge in [0.05, 0.1) is 19.8 Å². The Kier molecular flexibility index (Phi) is 20.1. The van der Waals surface area contributed by atoms with Crippen molar-refractivity contribution in [3.05, 3.63) is 0 Å². The van der Waals surface area contributed by atoms with Crippen molar-refractivity contribution in [2.75, 3.05) is 33.5 Å². The fourth-order valence-electron chi connectivity index (χ4n) is 4.51. The van der Waals surface area contributed by atoms with Crippen LogP contribution in [0.5, 0.6) is 0 Å². The molecule has 7 N–H and O–H groups in total. The zero-order valence-corrected chi connectivity index (χ0v) is 23.3. The molecule has 0 aromatic rings. The van der Waals surface area contributed by atoms with Crippen molar-refractivity contribution in [3.63, 3.8) is 0 Å². The molecule has 10 nitrogen and oxygen atoms in total. The minimum atomic E-state index is -1.35. The molecular weight excluding hydrogens is 478 g/mol. The van der Waals surface area contributed by atoms with Crippen LogP contribution in [0.2, 0.25) is 0 Å². The van der Waals surface area contributed by atoms with E-state index >= 15 is 0 Å². The van der Waals surface area contributed by atoms with Crippen molar-refractivity contribution in [2.24, 2.45) is 16.5 Å². The second kappa shape index (κ2) is 21.9. The third-order valence-corrected chi connectivity index (χ3v) is 6.87. The summed E-state index contributed by atoms with van der Waals surface area (Å²) in [4.78, 5) is 3.93. The number of unbranched alkanes of at least 4 members (excludes halogenated alkanes) is 13. The second-order valence-corrected chi connectivity index (χ2v) is 10.1. The van der Waals surface area contributed by atoms with Gasteiger partial charge in [0, 0.05) is 13.7 Å². The Balaban J connectivity index is 2.12. The van der Waals surface area contributed by atoms with E-state index in [0.717, 1.165) is 12.8 Å². The largest absolute Gasteiger partial charge is 0.394 e. The maximum absolute atomic E-state index is 10.3. The number of guanidine groups is 1. The van der Waals surface area contributed by atoms with Crippen LogP contribution in [0.4, 0.5) is 0 Å². The third kappa shape index (κ3) is 15.2. The maximum Gasteiger partial charge on any atom is 0.186 e. The van der Waals surface area contributed by atoms with E-state index < -0.39 is 37.3 Å². The SMILES string of the molecule is CCCCCCCCCCCCCCCCOC[C@@H](CO[C@H]1O[C@H](CO)[C@@H](O)[C@H](O)[C@H]1N=C(N)N)OC. The number of aliphatic hydroxyl groups is 3. The van der Waals surface area contributed by atoms with Crippen molar-refractivity contribution in [3.8, 4) is 0 Å². The predicted octanol–water partition coefficient (Wildman–Crippen LogP) is 2.60. The first-order chi connectivity index (χ1) is 17.9. The van der Waals surface area contributed by atoms with Crippen LogP contribution in [-0.4, -0.2) is 91.6 Å². The maximum atomic E-state index is 10.3. The van der Waals surface area contributed by atoms with Gasteiger partial charge in [-0.2, -0.15) is 0 Å². The number of nitrogens with two attached hydrogens (primary N) is 2. The fourth-order valence-corrected chi connectivity index (χ4v) is 4.51. The number of nitrogens with zero attached hydrogens (tertiary/aromatic N) is 1. The molecule has 0 spiro atoms. The Morgan fingerprint density at radius 3 is 1.86 bits per heavy atom. The lowest BCUT2D eigenvalue weighted by molar-refractivity contribution is -0.271. The lowest BCUT2D eigenvalue weighted by atomic mass is 9.97. The average molecular weight is 534 g/mol. The Labute approximate surface area is 224 Å². The summed E-state index contributed by atoms with van der Waals surface area (Å²) in [7, 11) is 1.56. The Morgan fingerprint density at radius 1 is 0.838 bits per heavy atom. The number of ether oxygens (including phenoxy) is 4. The molecule has 37 heavy (non-hydrogen) atoms. The van der Waals surface area contributed by atoms with Crippen LogP contribution in [0.1, 0.15) is 96.8 Å². The molecule has 0 unspecified atom stereocenters. The van der Waals surface area contributed by atoms with Gasteiger partial charge in [0.1, 0.15) is 30.5 Å². The number of hydrogen-bond donors (Lipinski definition) is 5. The second-order valence-electron chi connectivity index (χ2n) is 10.1. The molecule has 0 amide bonds. The zero-order valence-electron chi connectivity index (χ0n) is 23.3. The average Bonchev–Trinajstić information content (AvgIpc) is 2.89. The number of methoxy groups -OCH3 is 1. The van der Waals surface area contributed by atoms with Crippen LogP contribution in [-0.2, 0) is 18.9 Å². The highest BCUT2D eigenvalue weighted by atomic mass is 16.7. The van der Waals surface area contributed by atoms with Gasteiger partial charge < -0.3 is 45.7 Å². The van der Waals surface area contributed by atoms with Crippen LogP contribution in [0.3, 0.4) is 0 Å². The standard InChI is InChI=1S/C27H55N3O7/c1-3-4-5-6-7-8-9-10-11-12-13-14-15-16-17-35-19-21(34-2)20-36-26-23(30-27(28)29)25(33)24(32)22(18-31)37-26/h21-26,31-33H,3-20H2,1-2H3,(H4,28,29,30)/t21-,22+,23+,24+,25+,26-/m0/s1. The molecule has 10 heteroatoms. The summed E-state index contributed by atoms with van der Waals surface area (Å²) in [6, 6.07) is -1.03. The number of aliphatic hydroxyl groups excluding tert-OH is 3. The lowest BCUT2D eigenvalue weighted by Crippen LogP contribution is -2.59. The Bertz CT molecular complexity index is 566. The topological polar surface area (TPSA) is 162 Å². The summed E-state index contributed by atoms with van der Waals surface area (Å²) < 4.78 is 22.5. The monoisotopic (exact) mass is 533 g/mol.